The van der Waals surface area contributed by atoms with Gasteiger partial charge < -0.3 is 0 Å². The molecule has 0 heterocycles. The smallest absolute Gasteiger partial charge is 0.0226 e. The lowest BCUT2D eigenvalue weighted by Crippen LogP contribution is -2.01. The second-order valence-electron chi connectivity index (χ2n) is 4.86. The zero-order valence-electron chi connectivity index (χ0n) is 11.7. The number of hydrogen-bond donors (Lipinski definition) is 0. The highest BCUT2D eigenvalue weighted by atomic mass is 31.1. The molecule has 0 fully saturated rings. The van der Waals surface area contributed by atoms with Crippen LogP contribution in [-0.2, 0) is 0 Å². The van der Waals surface area contributed by atoms with Gasteiger partial charge in [0, 0.05) is 0 Å². The van der Waals surface area contributed by atoms with Gasteiger partial charge in [0.25, 0.3) is 0 Å². The molecule has 1 heteroatoms. The lowest BCUT2D eigenvalue weighted by molar-refractivity contribution is 1.76. The van der Waals surface area contributed by atoms with Crippen molar-refractivity contribution in [2.75, 3.05) is 0 Å². The molecule has 5 aromatic carbocycles. The van der Waals surface area contributed by atoms with Gasteiger partial charge in [-0.3, -0.25) is 0 Å². The van der Waals surface area contributed by atoms with Gasteiger partial charge >= 0.3 is 0 Å². The van der Waals surface area contributed by atoms with Gasteiger partial charge in [-0.15, -0.1) is 0 Å². The summed E-state index contributed by atoms with van der Waals surface area (Å²) in [6.45, 7) is 0. The van der Waals surface area contributed by atoms with Gasteiger partial charge in [-0.25, -0.2) is 0 Å². The molecule has 0 saturated carbocycles. The lowest BCUT2D eigenvalue weighted by Gasteiger charge is -2.00. The standard InChI is InChI=1S/C12H11P.C8H6/c1-3-7-11(8-4-1)13-12-9-5-2-6-10-12;1-2-8-5-3-7(1)4-6-8/h1-10,13H;1-6H. The zero-order chi connectivity index (χ0) is 14.3. The Balaban J connectivity index is 0.000000140. The van der Waals surface area contributed by atoms with E-state index < -0.39 is 0 Å². The van der Waals surface area contributed by atoms with E-state index in [1.54, 1.807) is 0 Å². The quantitative estimate of drug-likeness (QED) is 0.473. The summed E-state index contributed by atoms with van der Waals surface area (Å²) in [4.78, 5) is 0. The summed E-state index contributed by atoms with van der Waals surface area (Å²) in [6, 6.07) is 33.9. The first kappa shape index (κ1) is 13.8. The molecule has 0 aromatic heterocycles. The topological polar surface area (TPSA) is 0 Å². The number of fused-ring (bicyclic) bond motifs is 3. The minimum absolute atomic E-state index is 0.777. The van der Waals surface area contributed by atoms with Crippen LogP contribution in [0.3, 0.4) is 0 Å². The Morgan fingerprint density at radius 3 is 1.00 bits per heavy atom. The third-order valence-corrected chi connectivity index (χ3v) is 4.48. The average Bonchev–Trinajstić information content (AvgIpc) is 2.59. The van der Waals surface area contributed by atoms with E-state index in [-0.39, 0.29) is 0 Å². The molecule has 102 valence electrons. The summed E-state index contributed by atoms with van der Waals surface area (Å²) in [5, 5.41) is 5.41. The maximum atomic E-state index is 2.17. The third kappa shape index (κ3) is 4.15. The van der Waals surface area contributed by atoms with Crippen LogP contribution in [0.1, 0.15) is 0 Å². The van der Waals surface area contributed by atoms with Crippen LogP contribution in [0.2, 0.25) is 0 Å². The van der Waals surface area contributed by atoms with E-state index in [9.17, 15) is 0 Å². The second-order valence-corrected chi connectivity index (χ2v) is 6.26. The Labute approximate surface area is 127 Å². The van der Waals surface area contributed by atoms with Crippen LogP contribution in [0.25, 0.3) is 10.8 Å². The van der Waals surface area contributed by atoms with Gasteiger partial charge in [0.2, 0.25) is 0 Å². The summed E-state index contributed by atoms with van der Waals surface area (Å²) in [5.41, 5.74) is 0. The van der Waals surface area contributed by atoms with Crippen molar-refractivity contribution in [3.05, 3.63) is 97.1 Å². The first-order chi connectivity index (χ1) is 10.4. The molecule has 5 rings (SSSR count). The van der Waals surface area contributed by atoms with E-state index in [4.69, 9.17) is 0 Å². The summed E-state index contributed by atoms with van der Waals surface area (Å²) in [6.07, 6.45) is 0. The molecule has 2 bridgehead atoms. The normalized spacial score (nSPS) is 10.1. The van der Waals surface area contributed by atoms with Crippen molar-refractivity contribution in [3.8, 4) is 0 Å². The summed E-state index contributed by atoms with van der Waals surface area (Å²) >= 11 is 0. The minimum atomic E-state index is 0.777. The van der Waals surface area contributed by atoms with Crippen LogP contribution in [0.5, 0.6) is 0 Å². The van der Waals surface area contributed by atoms with Crippen molar-refractivity contribution in [1.29, 1.82) is 0 Å². The Morgan fingerprint density at radius 2 is 0.714 bits per heavy atom. The Hall–Kier alpha value is -2.17. The van der Waals surface area contributed by atoms with Crippen molar-refractivity contribution in [1.82, 2.24) is 0 Å². The molecular formula is C20H17P. The van der Waals surface area contributed by atoms with Crippen LogP contribution in [0.15, 0.2) is 97.1 Å². The molecule has 0 saturated heterocycles. The van der Waals surface area contributed by atoms with E-state index in [1.807, 2.05) is 0 Å². The highest BCUT2D eigenvalue weighted by molar-refractivity contribution is 7.55. The third-order valence-electron chi connectivity index (χ3n) is 3.24. The van der Waals surface area contributed by atoms with Gasteiger partial charge in [-0.05, 0) is 21.4 Å². The molecule has 0 nitrogen and oxygen atoms in total. The molecule has 0 N–H and O–H groups in total. The fraction of sp³-hybridized carbons (Fsp3) is 0. The van der Waals surface area contributed by atoms with Crippen molar-refractivity contribution < 1.29 is 0 Å². The predicted octanol–water partition coefficient (Wildman–Crippen LogP) is 4.59. The van der Waals surface area contributed by atoms with E-state index in [1.165, 1.54) is 21.4 Å². The van der Waals surface area contributed by atoms with Crippen molar-refractivity contribution in [2.24, 2.45) is 0 Å². The molecule has 5 aromatic rings. The Morgan fingerprint density at radius 1 is 0.381 bits per heavy atom. The SMILES string of the molecule is c1cc2ccc1cc2.c1ccc(Pc2ccccc2)cc1. The number of rotatable bonds is 2. The van der Waals surface area contributed by atoms with Crippen molar-refractivity contribution in [3.63, 3.8) is 0 Å². The van der Waals surface area contributed by atoms with Crippen LogP contribution >= 0.6 is 8.58 Å². The van der Waals surface area contributed by atoms with E-state index in [0.29, 0.717) is 0 Å². The average molecular weight is 288 g/mol. The maximum Gasteiger partial charge on any atom is -0.0226 e. The summed E-state index contributed by atoms with van der Waals surface area (Å²) < 4.78 is 0. The van der Waals surface area contributed by atoms with Gasteiger partial charge in [0.15, 0.2) is 0 Å². The molecule has 0 aliphatic carbocycles. The largest absolute Gasteiger partial charge is 0.0622 e. The van der Waals surface area contributed by atoms with E-state index >= 15 is 0 Å². The minimum Gasteiger partial charge on any atom is -0.0622 e. The maximum absolute atomic E-state index is 2.17. The van der Waals surface area contributed by atoms with Gasteiger partial charge in [0.05, 0.1) is 0 Å². The zero-order valence-corrected chi connectivity index (χ0v) is 12.7. The highest BCUT2D eigenvalue weighted by Gasteiger charge is 1.92. The van der Waals surface area contributed by atoms with Crippen LogP contribution < -0.4 is 10.6 Å². The van der Waals surface area contributed by atoms with Crippen LogP contribution in [0, 0.1) is 0 Å². The first-order valence-electron chi connectivity index (χ1n) is 7.05. The molecule has 0 unspecified atom stereocenters. The molecule has 0 aliphatic heterocycles. The van der Waals surface area contributed by atoms with Crippen molar-refractivity contribution >= 4 is 30.0 Å². The lowest BCUT2D eigenvalue weighted by atomic mass is 10.1. The van der Waals surface area contributed by atoms with Gasteiger partial charge in [0.1, 0.15) is 0 Å². The summed E-state index contributed by atoms with van der Waals surface area (Å²) in [7, 11) is 0.777. The second kappa shape index (κ2) is 7.02. The monoisotopic (exact) mass is 288 g/mol. The number of hydrogen-bond acceptors (Lipinski definition) is 0. The number of benzene rings is 5. The highest BCUT2D eigenvalue weighted by Crippen LogP contribution is 2.10. The van der Waals surface area contributed by atoms with E-state index in [0.717, 1.165) is 8.58 Å². The molecule has 0 atom stereocenters. The predicted molar refractivity (Wildman–Crippen MR) is 95.6 cm³/mol. The first-order valence-corrected chi connectivity index (χ1v) is 8.05. The molecular weight excluding hydrogens is 271 g/mol. The molecule has 0 aliphatic rings. The van der Waals surface area contributed by atoms with Gasteiger partial charge in [-0.2, -0.15) is 0 Å². The summed E-state index contributed by atoms with van der Waals surface area (Å²) in [5.74, 6) is 0. The fourth-order valence-corrected chi connectivity index (χ4v) is 3.17. The molecule has 0 spiro atoms. The molecule has 21 heavy (non-hydrogen) atoms. The molecule has 0 amide bonds. The van der Waals surface area contributed by atoms with Crippen molar-refractivity contribution in [2.45, 2.75) is 0 Å². The molecule has 0 radical (unpaired) electrons. The van der Waals surface area contributed by atoms with E-state index in [2.05, 4.69) is 97.1 Å². The van der Waals surface area contributed by atoms with Crippen LogP contribution in [0.4, 0.5) is 0 Å². The van der Waals surface area contributed by atoms with Crippen LogP contribution in [-0.4, -0.2) is 0 Å². The van der Waals surface area contributed by atoms with Gasteiger partial charge in [-0.1, -0.05) is 106 Å². The Kier molecular flexibility index (Phi) is 4.61. The Bertz CT molecular complexity index is 648. The fourth-order valence-electron chi connectivity index (χ4n) is 2.12.